The van der Waals surface area contributed by atoms with E-state index >= 15 is 0 Å². The molecular formula is C15H19NO4S2. The molecule has 5 nitrogen and oxygen atoms in total. The van der Waals surface area contributed by atoms with Gasteiger partial charge in [-0.15, -0.1) is 23.5 Å². The molecule has 2 rings (SSSR count). The number of benzene rings is 1. The van der Waals surface area contributed by atoms with Crippen LogP contribution in [0.25, 0.3) is 0 Å². The van der Waals surface area contributed by atoms with Gasteiger partial charge in [0.2, 0.25) is 5.91 Å². The van der Waals surface area contributed by atoms with Gasteiger partial charge < -0.3 is 15.2 Å². The van der Waals surface area contributed by atoms with Crippen LogP contribution < -0.4 is 5.32 Å². The average molecular weight is 341 g/mol. The molecule has 0 radical (unpaired) electrons. The summed E-state index contributed by atoms with van der Waals surface area (Å²) in [7, 11) is 1.30. The predicted octanol–water partition coefficient (Wildman–Crippen LogP) is 2.09. The maximum Gasteiger partial charge on any atom is 0.328 e. The molecule has 0 saturated carbocycles. The highest BCUT2D eigenvalue weighted by Crippen LogP contribution is 2.48. The molecule has 0 bridgehead atoms. The van der Waals surface area contributed by atoms with Gasteiger partial charge in [0.05, 0.1) is 11.7 Å². The molecule has 22 heavy (non-hydrogen) atoms. The number of thioether (sulfide) groups is 2. The molecule has 0 unspecified atom stereocenters. The standard InChI is InChI=1S/C15H19NO4S2/c1-9(17)16-12(14(19)20-2)8-10-3-4-13(18)11(7-10)15-21-5-6-22-15/h3-4,7,12,15,18H,5-6,8H2,1-2H3,(H,16,17)/t12-/m0/s1. The van der Waals surface area contributed by atoms with Gasteiger partial charge in [0.1, 0.15) is 11.8 Å². The van der Waals surface area contributed by atoms with Crippen LogP contribution in [0.4, 0.5) is 0 Å². The van der Waals surface area contributed by atoms with Crippen LogP contribution in [-0.2, 0) is 20.7 Å². The molecule has 1 heterocycles. The molecular weight excluding hydrogens is 322 g/mol. The molecule has 0 spiro atoms. The zero-order chi connectivity index (χ0) is 16.1. The second kappa shape index (κ2) is 7.78. The van der Waals surface area contributed by atoms with E-state index in [0.717, 1.165) is 22.6 Å². The molecule has 120 valence electrons. The van der Waals surface area contributed by atoms with Crippen LogP contribution in [0.2, 0.25) is 0 Å². The molecule has 1 atom stereocenters. The Morgan fingerprint density at radius 1 is 1.41 bits per heavy atom. The Balaban J connectivity index is 2.18. The van der Waals surface area contributed by atoms with E-state index in [1.807, 2.05) is 6.07 Å². The van der Waals surface area contributed by atoms with E-state index in [9.17, 15) is 14.7 Å². The van der Waals surface area contributed by atoms with Gasteiger partial charge in [-0.25, -0.2) is 4.79 Å². The van der Waals surface area contributed by atoms with Crippen molar-refractivity contribution in [3.05, 3.63) is 29.3 Å². The molecule has 1 amide bonds. The summed E-state index contributed by atoms with van der Waals surface area (Å²) in [5, 5.41) is 12.6. The van der Waals surface area contributed by atoms with Crippen LogP contribution in [0, 0.1) is 0 Å². The Kier molecular flexibility index (Phi) is 6.02. The van der Waals surface area contributed by atoms with Crippen molar-refractivity contribution in [3.8, 4) is 5.75 Å². The number of hydrogen-bond acceptors (Lipinski definition) is 6. The maximum atomic E-state index is 11.8. The van der Waals surface area contributed by atoms with Crippen molar-refractivity contribution in [2.24, 2.45) is 0 Å². The third kappa shape index (κ3) is 4.33. The van der Waals surface area contributed by atoms with Gasteiger partial charge in [-0.05, 0) is 11.6 Å². The summed E-state index contributed by atoms with van der Waals surface area (Å²) in [4.78, 5) is 23.0. The number of amides is 1. The van der Waals surface area contributed by atoms with Crippen LogP contribution in [0.1, 0.15) is 22.6 Å². The number of carbonyl (C=O) groups excluding carboxylic acids is 2. The lowest BCUT2D eigenvalue weighted by molar-refractivity contribution is -0.144. The van der Waals surface area contributed by atoms with E-state index in [1.54, 1.807) is 35.7 Å². The Morgan fingerprint density at radius 3 is 2.68 bits per heavy atom. The summed E-state index contributed by atoms with van der Waals surface area (Å²) < 4.78 is 4.95. The fraction of sp³-hybridized carbons (Fsp3) is 0.467. The second-order valence-corrected chi connectivity index (χ2v) is 7.67. The Labute approximate surface area is 138 Å². The van der Waals surface area contributed by atoms with Crippen LogP contribution in [0.15, 0.2) is 18.2 Å². The molecule has 0 aliphatic carbocycles. The summed E-state index contributed by atoms with van der Waals surface area (Å²) in [5.41, 5.74) is 1.75. The zero-order valence-corrected chi connectivity index (χ0v) is 14.1. The van der Waals surface area contributed by atoms with Crippen molar-refractivity contribution in [3.63, 3.8) is 0 Å². The van der Waals surface area contributed by atoms with E-state index in [4.69, 9.17) is 4.74 Å². The zero-order valence-electron chi connectivity index (χ0n) is 12.5. The fourth-order valence-corrected chi connectivity index (χ4v) is 5.17. The van der Waals surface area contributed by atoms with Crippen molar-refractivity contribution in [2.75, 3.05) is 18.6 Å². The highest BCUT2D eigenvalue weighted by molar-refractivity contribution is 8.19. The Hall–Kier alpha value is -1.34. The Morgan fingerprint density at radius 2 is 2.09 bits per heavy atom. The molecule has 7 heteroatoms. The summed E-state index contributed by atoms with van der Waals surface area (Å²) in [6.07, 6.45) is 0.335. The number of nitrogens with one attached hydrogen (secondary N) is 1. The molecule has 2 N–H and O–H groups in total. The lowest BCUT2D eigenvalue weighted by atomic mass is 10.0. The van der Waals surface area contributed by atoms with Crippen LogP contribution in [-0.4, -0.2) is 41.6 Å². The number of ether oxygens (including phenoxy) is 1. The highest BCUT2D eigenvalue weighted by Gasteiger charge is 2.24. The number of methoxy groups -OCH3 is 1. The van der Waals surface area contributed by atoms with Gasteiger partial charge in [-0.3, -0.25) is 4.79 Å². The van der Waals surface area contributed by atoms with Gasteiger partial charge in [-0.1, -0.05) is 12.1 Å². The maximum absolute atomic E-state index is 11.8. The first-order valence-electron chi connectivity index (χ1n) is 6.91. The molecule has 1 aliphatic heterocycles. The molecule has 0 aromatic heterocycles. The second-order valence-electron chi connectivity index (χ2n) is 4.95. The largest absolute Gasteiger partial charge is 0.508 e. The lowest BCUT2D eigenvalue weighted by Gasteiger charge is -2.17. The number of hydrogen-bond donors (Lipinski definition) is 2. The highest BCUT2D eigenvalue weighted by atomic mass is 32.2. The monoisotopic (exact) mass is 341 g/mol. The van der Waals surface area contributed by atoms with Crippen molar-refractivity contribution in [1.29, 1.82) is 0 Å². The molecule has 1 saturated heterocycles. The lowest BCUT2D eigenvalue weighted by Crippen LogP contribution is -2.42. The minimum absolute atomic E-state index is 0.220. The first-order valence-corrected chi connectivity index (χ1v) is 9.01. The molecule has 1 fully saturated rings. The van der Waals surface area contributed by atoms with Gasteiger partial charge >= 0.3 is 5.97 Å². The number of carbonyl (C=O) groups is 2. The topological polar surface area (TPSA) is 75.6 Å². The van der Waals surface area contributed by atoms with Crippen LogP contribution in [0.5, 0.6) is 5.75 Å². The first kappa shape index (κ1) is 17.0. The van der Waals surface area contributed by atoms with Crippen molar-refractivity contribution < 1.29 is 19.4 Å². The minimum atomic E-state index is -0.719. The SMILES string of the molecule is COC(=O)[C@H](Cc1ccc(O)c(C2SCCS2)c1)NC(C)=O. The van der Waals surface area contributed by atoms with Crippen molar-refractivity contribution >= 4 is 35.4 Å². The molecule has 1 aromatic carbocycles. The quantitative estimate of drug-likeness (QED) is 0.799. The molecule has 1 aromatic rings. The number of esters is 1. The molecule has 1 aliphatic rings. The third-order valence-electron chi connectivity index (χ3n) is 3.27. The van der Waals surface area contributed by atoms with Gasteiger partial charge in [-0.2, -0.15) is 0 Å². The average Bonchev–Trinajstić information content (AvgIpc) is 3.01. The fourth-order valence-electron chi connectivity index (χ4n) is 2.27. The smallest absolute Gasteiger partial charge is 0.328 e. The summed E-state index contributed by atoms with van der Waals surface area (Å²) >= 11 is 3.60. The number of aromatic hydroxyl groups is 1. The summed E-state index contributed by atoms with van der Waals surface area (Å²) in [5.74, 6) is 1.64. The third-order valence-corrected chi connectivity index (χ3v) is 6.34. The number of phenols is 1. The van der Waals surface area contributed by atoms with Gasteiger partial charge in [0.25, 0.3) is 0 Å². The summed E-state index contributed by atoms with van der Waals surface area (Å²) in [6.45, 7) is 1.37. The Bertz CT molecular complexity index is 558. The minimum Gasteiger partial charge on any atom is -0.508 e. The number of rotatable bonds is 5. The first-order chi connectivity index (χ1) is 10.5. The van der Waals surface area contributed by atoms with E-state index < -0.39 is 12.0 Å². The van der Waals surface area contributed by atoms with Crippen LogP contribution >= 0.6 is 23.5 Å². The number of phenolic OH excluding ortho intramolecular Hbond substituents is 1. The van der Waals surface area contributed by atoms with Gasteiger partial charge in [0, 0.05) is 30.4 Å². The summed E-state index contributed by atoms with van der Waals surface area (Å²) in [6, 6.07) is 4.60. The van der Waals surface area contributed by atoms with E-state index in [2.05, 4.69) is 5.32 Å². The van der Waals surface area contributed by atoms with Crippen molar-refractivity contribution in [1.82, 2.24) is 5.32 Å². The van der Waals surface area contributed by atoms with Crippen LogP contribution in [0.3, 0.4) is 0 Å². The normalized spacial score (nSPS) is 16.3. The predicted molar refractivity (Wildman–Crippen MR) is 89.1 cm³/mol. The van der Waals surface area contributed by atoms with E-state index in [0.29, 0.717) is 6.42 Å². The van der Waals surface area contributed by atoms with Gasteiger partial charge in [0.15, 0.2) is 0 Å². The van der Waals surface area contributed by atoms with Crippen molar-refractivity contribution in [2.45, 2.75) is 24.0 Å². The van der Waals surface area contributed by atoms with E-state index in [-0.39, 0.29) is 16.2 Å². The van der Waals surface area contributed by atoms with E-state index in [1.165, 1.54) is 14.0 Å².